The highest BCUT2D eigenvalue weighted by Gasteiger charge is 2.12. The van der Waals surface area contributed by atoms with Gasteiger partial charge >= 0.3 is 0 Å². The van der Waals surface area contributed by atoms with E-state index in [9.17, 15) is 4.39 Å². The number of nitrogens with zero attached hydrogens (tertiary/aromatic N) is 1. The van der Waals surface area contributed by atoms with Gasteiger partial charge in [-0.3, -0.25) is 0 Å². The Morgan fingerprint density at radius 3 is 2.20 bits per heavy atom. The van der Waals surface area contributed by atoms with E-state index in [4.69, 9.17) is 11.6 Å². The molecular weight excluding hydrogens is 213 g/mol. The SMILES string of the molecule is Cc1ccc(C)n1-c1c(F)cccc1Cl. The van der Waals surface area contributed by atoms with Crippen molar-refractivity contribution in [1.82, 2.24) is 4.57 Å². The third-order valence-corrected chi connectivity index (χ3v) is 2.74. The van der Waals surface area contributed by atoms with E-state index in [0.717, 1.165) is 11.4 Å². The van der Waals surface area contributed by atoms with Crippen molar-refractivity contribution in [2.24, 2.45) is 0 Å². The summed E-state index contributed by atoms with van der Waals surface area (Å²) in [4.78, 5) is 0. The first kappa shape index (κ1) is 10.2. The van der Waals surface area contributed by atoms with Crippen LogP contribution in [0.1, 0.15) is 11.4 Å². The summed E-state index contributed by atoms with van der Waals surface area (Å²) >= 11 is 6.00. The molecule has 0 radical (unpaired) electrons. The van der Waals surface area contributed by atoms with E-state index in [2.05, 4.69) is 0 Å². The van der Waals surface area contributed by atoms with Crippen LogP contribution < -0.4 is 0 Å². The van der Waals surface area contributed by atoms with Gasteiger partial charge in [0.25, 0.3) is 0 Å². The third kappa shape index (κ3) is 1.65. The van der Waals surface area contributed by atoms with E-state index < -0.39 is 0 Å². The minimum atomic E-state index is -0.301. The zero-order chi connectivity index (χ0) is 11.0. The summed E-state index contributed by atoms with van der Waals surface area (Å²) < 4.78 is 15.5. The molecule has 3 heteroatoms. The Kier molecular flexibility index (Phi) is 2.53. The molecule has 15 heavy (non-hydrogen) atoms. The highest BCUT2D eigenvalue weighted by Crippen LogP contribution is 2.26. The van der Waals surface area contributed by atoms with Crippen LogP contribution in [0.25, 0.3) is 5.69 Å². The lowest BCUT2D eigenvalue weighted by atomic mass is 10.3. The average Bonchev–Trinajstić information content (AvgIpc) is 2.49. The Bertz CT molecular complexity index is 463. The minimum absolute atomic E-state index is 0.301. The second kappa shape index (κ2) is 3.70. The van der Waals surface area contributed by atoms with Crippen LogP contribution in [-0.4, -0.2) is 4.57 Å². The zero-order valence-electron chi connectivity index (χ0n) is 8.59. The Morgan fingerprint density at radius 1 is 1.07 bits per heavy atom. The van der Waals surface area contributed by atoms with Gasteiger partial charge in [-0.15, -0.1) is 0 Å². The lowest BCUT2D eigenvalue weighted by molar-refractivity contribution is 0.616. The topological polar surface area (TPSA) is 4.93 Å². The maximum absolute atomic E-state index is 13.7. The van der Waals surface area contributed by atoms with Crippen LogP contribution in [-0.2, 0) is 0 Å². The summed E-state index contributed by atoms with van der Waals surface area (Å²) in [7, 11) is 0. The number of halogens is 2. The highest BCUT2D eigenvalue weighted by atomic mass is 35.5. The van der Waals surface area contributed by atoms with Crippen molar-refractivity contribution in [3.63, 3.8) is 0 Å². The predicted molar refractivity (Wildman–Crippen MR) is 60.2 cm³/mol. The number of hydrogen-bond acceptors (Lipinski definition) is 0. The molecule has 2 rings (SSSR count). The lowest BCUT2D eigenvalue weighted by Gasteiger charge is -2.12. The fourth-order valence-electron chi connectivity index (χ4n) is 1.72. The largest absolute Gasteiger partial charge is 0.315 e. The van der Waals surface area contributed by atoms with Crippen molar-refractivity contribution in [2.75, 3.05) is 0 Å². The van der Waals surface area contributed by atoms with Crippen molar-refractivity contribution in [1.29, 1.82) is 0 Å². The van der Waals surface area contributed by atoms with E-state index in [-0.39, 0.29) is 5.82 Å². The maximum atomic E-state index is 13.7. The van der Waals surface area contributed by atoms with Crippen LogP contribution in [0.3, 0.4) is 0 Å². The van der Waals surface area contributed by atoms with Gasteiger partial charge in [-0.05, 0) is 38.1 Å². The molecule has 0 fully saturated rings. The van der Waals surface area contributed by atoms with E-state index in [0.29, 0.717) is 10.7 Å². The number of aryl methyl sites for hydroxylation is 2. The number of hydrogen-bond donors (Lipinski definition) is 0. The van der Waals surface area contributed by atoms with Crippen molar-refractivity contribution >= 4 is 11.6 Å². The molecule has 78 valence electrons. The predicted octanol–water partition coefficient (Wildman–Crippen LogP) is 3.89. The van der Waals surface area contributed by atoms with Crippen molar-refractivity contribution in [2.45, 2.75) is 13.8 Å². The fraction of sp³-hybridized carbons (Fsp3) is 0.167. The Morgan fingerprint density at radius 2 is 1.67 bits per heavy atom. The number of rotatable bonds is 1. The lowest BCUT2D eigenvalue weighted by Crippen LogP contribution is -2.02. The number of para-hydroxylation sites is 1. The van der Waals surface area contributed by atoms with Gasteiger partial charge in [0.2, 0.25) is 0 Å². The van der Waals surface area contributed by atoms with E-state index >= 15 is 0 Å². The van der Waals surface area contributed by atoms with Gasteiger partial charge in [-0.1, -0.05) is 17.7 Å². The van der Waals surface area contributed by atoms with Crippen LogP contribution in [0, 0.1) is 19.7 Å². The van der Waals surface area contributed by atoms with Crippen LogP contribution in [0.2, 0.25) is 5.02 Å². The number of benzene rings is 1. The molecule has 1 aromatic carbocycles. The molecule has 1 aromatic heterocycles. The van der Waals surface area contributed by atoms with Gasteiger partial charge < -0.3 is 4.57 Å². The van der Waals surface area contributed by atoms with Crippen LogP contribution in [0.4, 0.5) is 4.39 Å². The molecular formula is C12H11ClFN. The van der Waals surface area contributed by atoms with Crippen LogP contribution in [0.5, 0.6) is 0 Å². The molecule has 0 aliphatic carbocycles. The normalized spacial score (nSPS) is 10.7. The number of aromatic nitrogens is 1. The van der Waals surface area contributed by atoms with Crippen LogP contribution >= 0.6 is 11.6 Å². The molecule has 2 aromatic rings. The van der Waals surface area contributed by atoms with Gasteiger partial charge in [-0.25, -0.2) is 4.39 Å². The quantitative estimate of drug-likeness (QED) is 0.691. The molecule has 1 heterocycles. The average molecular weight is 224 g/mol. The molecule has 0 saturated carbocycles. The Balaban J connectivity index is 2.74. The molecule has 0 aliphatic rings. The fourth-order valence-corrected chi connectivity index (χ4v) is 1.97. The molecule has 1 nitrogen and oxygen atoms in total. The van der Waals surface area contributed by atoms with Gasteiger partial charge in [0.05, 0.1) is 5.02 Å². The van der Waals surface area contributed by atoms with Gasteiger partial charge in [-0.2, -0.15) is 0 Å². The van der Waals surface area contributed by atoms with Gasteiger partial charge in [0.15, 0.2) is 0 Å². The van der Waals surface area contributed by atoms with E-state index in [1.165, 1.54) is 6.07 Å². The summed E-state index contributed by atoms with van der Waals surface area (Å²) in [6, 6.07) is 8.60. The second-order valence-electron chi connectivity index (χ2n) is 3.52. The first-order valence-corrected chi connectivity index (χ1v) is 5.08. The first-order chi connectivity index (χ1) is 7.11. The molecule has 0 unspecified atom stereocenters. The second-order valence-corrected chi connectivity index (χ2v) is 3.93. The highest BCUT2D eigenvalue weighted by molar-refractivity contribution is 6.32. The zero-order valence-corrected chi connectivity index (χ0v) is 9.35. The van der Waals surface area contributed by atoms with Crippen molar-refractivity contribution < 1.29 is 4.39 Å². The van der Waals surface area contributed by atoms with Crippen molar-refractivity contribution in [3.05, 3.63) is 52.6 Å². The standard InChI is InChI=1S/C12H11ClFN/c1-8-6-7-9(2)15(8)12-10(13)4-3-5-11(12)14/h3-7H,1-2H3. The van der Waals surface area contributed by atoms with Crippen molar-refractivity contribution in [3.8, 4) is 5.69 Å². The molecule has 0 spiro atoms. The Hall–Kier alpha value is -1.28. The minimum Gasteiger partial charge on any atom is -0.315 e. The molecule has 0 bridgehead atoms. The van der Waals surface area contributed by atoms with Gasteiger partial charge in [0, 0.05) is 11.4 Å². The summed E-state index contributed by atoms with van der Waals surface area (Å²) in [5.74, 6) is -0.301. The maximum Gasteiger partial charge on any atom is 0.148 e. The summed E-state index contributed by atoms with van der Waals surface area (Å²) in [6.07, 6.45) is 0. The van der Waals surface area contributed by atoms with Crippen LogP contribution in [0.15, 0.2) is 30.3 Å². The summed E-state index contributed by atoms with van der Waals surface area (Å²) in [6.45, 7) is 3.85. The third-order valence-electron chi connectivity index (χ3n) is 2.43. The first-order valence-electron chi connectivity index (χ1n) is 4.70. The Labute approximate surface area is 93.1 Å². The molecule has 0 saturated heterocycles. The summed E-state index contributed by atoms with van der Waals surface area (Å²) in [5.41, 5.74) is 2.37. The van der Waals surface area contributed by atoms with E-state index in [1.54, 1.807) is 12.1 Å². The van der Waals surface area contributed by atoms with E-state index in [1.807, 2.05) is 30.5 Å². The molecule has 0 aliphatic heterocycles. The smallest absolute Gasteiger partial charge is 0.148 e. The molecule has 0 N–H and O–H groups in total. The monoisotopic (exact) mass is 223 g/mol. The van der Waals surface area contributed by atoms with Gasteiger partial charge in [0.1, 0.15) is 11.5 Å². The summed E-state index contributed by atoms with van der Waals surface area (Å²) in [5, 5.41) is 0.428. The molecule has 0 atom stereocenters. The molecule has 0 amide bonds.